The lowest BCUT2D eigenvalue weighted by Crippen LogP contribution is -2.43. The Hall–Kier alpha value is -8.15. The molecule has 17 heteroatoms. The quantitative estimate of drug-likeness (QED) is 0.0575. The number of hydrogen-bond donors (Lipinski definition) is 5. The van der Waals surface area contributed by atoms with Crippen LogP contribution in [-0.4, -0.2) is 89.5 Å². The third kappa shape index (κ3) is 18.2. The first kappa shape index (κ1) is 69.6. The number of aromatic amines is 2. The molecule has 5 N–H and O–H groups in total. The largest absolute Gasteiger partial charge is 0.488 e. The Labute approximate surface area is 523 Å². The first-order valence-corrected chi connectivity index (χ1v) is 30.1. The Morgan fingerprint density at radius 2 is 1.38 bits per heavy atom. The molecule has 1 atom stereocenters. The number of halogens is 1. The molecule has 2 amide bonds. The van der Waals surface area contributed by atoms with Crippen LogP contribution in [0.25, 0.3) is 16.7 Å². The maximum absolute atomic E-state index is 13.3. The maximum Gasteiger partial charge on any atom is 0.253 e. The van der Waals surface area contributed by atoms with Gasteiger partial charge >= 0.3 is 0 Å². The number of amides is 2. The smallest absolute Gasteiger partial charge is 0.253 e. The number of nitrogens with zero attached hydrogens (tertiary/aromatic N) is 4. The van der Waals surface area contributed by atoms with Crippen molar-refractivity contribution in [3.8, 4) is 22.6 Å². The Morgan fingerprint density at radius 1 is 0.782 bits per heavy atom. The number of piperazine rings is 1. The first-order chi connectivity index (χ1) is 41.0. The predicted molar refractivity (Wildman–Crippen MR) is 359 cm³/mol. The summed E-state index contributed by atoms with van der Waals surface area (Å²) in [5.41, 5.74) is 13.9. The van der Waals surface area contributed by atoms with Crippen molar-refractivity contribution in [1.29, 1.82) is 0 Å². The van der Waals surface area contributed by atoms with Gasteiger partial charge in [0, 0.05) is 128 Å². The van der Waals surface area contributed by atoms with Crippen LogP contribution in [0.3, 0.4) is 0 Å². The molecule has 464 valence electrons. The number of H-pyrrole nitrogens is 2. The SMILES string of the molecule is C.C=C.C=C(C)C1(C)Cc2cc(C(=O)NCc3c(C)cc(C)[nH]c3=O)cc(-c3ccc(N4CCNCC4)nc3)c2O1.CC1=C(C)Cc2cc(C(=O)NCc3c(C)cc(C)[nH]c3=O)cc(Br)c2OC1.CCCN(C)c1ccc(/C(=C/CC(C)=O)CC)cn1. The van der Waals surface area contributed by atoms with E-state index < -0.39 is 5.60 Å². The van der Waals surface area contributed by atoms with Gasteiger partial charge in [0.05, 0.1) is 4.47 Å². The minimum Gasteiger partial charge on any atom is -0.488 e. The minimum atomic E-state index is -0.549. The number of rotatable bonds is 16. The van der Waals surface area contributed by atoms with E-state index in [1.165, 1.54) is 16.7 Å². The molecule has 6 aromatic rings. The van der Waals surface area contributed by atoms with Crippen molar-refractivity contribution in [2.45, 2.75) is 134 Å². The summed E-state index contributed by atoms with van der Waals surface area (Å²) in [6.07, 6.45) is 9.65. The van der Waals surface area contributed by atoms with Gasteiger partial charge in [-0.1, -0.05) is 39.5 Å². The second-order valence-corrected chi connectivity index (χ2v) is 23.3. The van der Waals surface area contributed by atoms with E-state index in [1.807, 2.05) is 109 Å². The van der Waals surface area contributed by atoms with Crippen molar-refractivity contribution in [1.82, 2.24) is 35.9 Å². The summed E-state index contributed by atoms with van der Waals surface area (Å²) in [5, 5.41) is 9.15. The number of anilines is 2. The van der Waals surface area contributed by atoms with Crippen LogP contribution in [0.1, 0.15) is 146 Å². The molecule has 0 saturated carbocycles. The normalized spacial score (nSPS) is 14.9. The van der Waals surface area contributed by atoms with Gasteiger partial charge in [-0.2, -0.15) is 0 Å². The summed E-state index contributed by atoms with van der Waals surface area (Å²) in [6.45, 7) is 37.2. The van der Waals surface area contributed by atoms with Gasteiger partial charge in [-0.05, 0) is 197 Å². The number of Topliss-reactive ketones (excluding diaryl/α,β-unsaturated/α-hetero) is 1. The van der Waals surface area contributed by atoms with Gasteiger partial charge in [0.25, 0.3) is 22.9 Å². The van der Waals surface area contributed by atoms with Crippen molar-refractivity contribution < 1.29 is 23.9 Å². The Bertz CT molecular complexity index is 3620. The van der Waals surface area contributed by atoms with Gasteiger partial charge in [0.15, 0.2) is 0 Å². The van der Waals surface area contributed by atoms with Crippen molar-refractivity contribution in [3.05, 3.63) is 202 Å². The number of hydrogen-bond acceptors (Lipinski definition) is 12. The number of nitrogens with one attached hydrogen (secondary N) is 5. The van der Waals surface area contributed by atoms with E-state index >= 15 is 0 Å². The van der Waals surface area contributed by atoms with Crippen molar-refractivity contribution >= 4 is 50.7 Å². The molecule has 3 aliphatic heterocycles. The van der Waals surface area contributed by atoms with Gasteiger partial charge in [-0.25, -0.2) is 9.97 Å². The summed E-state index contributed by atoms with van der Waals surface area (Å²) >= 11 is 3.52. The van der Waals surface area contributed by atoms with Crippen LogP contribution in [0.4, 0.5) is 11.6 Å². The number of fused-ring (bicyclic) bond motifs is 2. The van der Waals surface area contributed by atoms with Gasteiger partial charge < -0.3 is 45.2 Å². The summed E-state index contributed by atoms with van der Waals surface area (Å²) in [7, 11) is 2.05. The molecule has 7 heterocycles. The number of pyridine rings is 4. The lowest BCUT2D eigenvalue weighted by molar-refractivity contribution is -0.116. The number of aromatic nitrogens is 4. The Balaban J connectivity index is 0.000000247. The fourth-order valence-electron chi connectivity index (χ4n) is 10.3. The molecule has 2 aromatic carbocycles. The average molecular weight is 1250 g/mol. The summed E-state index contributed by atoms with van der Waals surface area (Å²) in [6, 6.07) is 19.4. The van der Waals surface area contributed by atoms with E-state index in [-0.39, 0.29) is 49.2 Å². The highest BCUT2D eigenvalue weighted by Crippen LogP contribution is 2.45. The van der Waals surface area contributed by atoms with Gasteiger partial charge in [-0.15, -0.1) is 13.2 Å². The molecule has 0 radical (unpaired) electrons. The summed E-state index contributed by atoms with van der Waals surface area (Å²) < 4.78 is 13.1. The molecular formula is C70H90BrN9O7. The van der Waals surface area contributed by atoms with Gasteiger partial charge in [0.1, 0.15) is 41.1 Å². The molecule has 87 heavy (non-hydrogen) atoms. The van der Waals surface area contributed by atoms with E-state index in [1.54, 1.807) is 13.0 Å². The molecule has 0 bridgehead atoms. The van der Waals surface area contributed by atoms with E-state index in [0.29, 0.717) is 41.7 Å². The van der Waals surface area contributed by atoms with Gasteiger partial charge in [-0.3, -0.25) is 24.0 Å². The highest BCUT2D eigenvalue weighted by molar-refractivity contribution is 9.10. The van der Waals surface area contributed by atoms with Crippen LogP contribution < -0.4 is 46.3 Å². The number of allylic oxidation sites excluding steroid dienone is 3. The number of ketones is 1. The number of aryl methyl sites for hydroxylation is 4. The molecular weight excluding hydrogens is 1160 g/mol. The lowest BCUT2D eigenvalue weighted by atomic mass is 9.91. The average Bonchev–Trinajstić information content (AvgIpc) is 1.68. The molecule has 3 aliphatic rings. The van der Waals surface area contributed by atoms with Crippen LogP contribution in [0.15, 0.2) is 130 Å². The van der Waals surface area contributed by atoms with Crippen LogP contribution in [0, 0.1) is 27.7 Å². The van der Waals surface area contributed by atoms with Crippen LogP contribution in [0.5, 0.6) is 11.5 Å². The molecule has 1 fully saturated rings. The van der Waals surface area contributed by atoms with E-state index in [0.717, 1.165) is 135 Å². The molecule has 1 saturated heterocycles. The van der Waals surface area contributed by atoms with E-state index in [4.69, 9.17) is 14.5 Å². The molecule has 0 spiro atoms. The van der Waals surface area contributed by atoms with Gasteiger partial charge in [0.2, 0.25) is 0 Å². The molecule has 9 rings (SSSR count). The van der Waals surface area contributed by atoms with E-state index in [2.05, 4.69) is 117 Å². The number of ether oxygens (including phenoxy) is 2. The zero-order valence-corrected chi connectivity index (χ0v) is 53.9. The van der Waals surface area contributed by atoms with E-state index in [9.17, 15) is 24.0 Å². The van der Waals surface area contributed by atoms with Crippen molar-refractivity contribution in [3.63, 3.8) is 0 Å². The van der Waals surface area contributed by atoms with Crippen LogP contribution in [0.2, 0.25) is 0 Å². The number of carbonyl (C=O) groups is 3. The van der Waals surface area contributed by atoms with Crippen LogP contribution in [-0.2, 0) is 30.7 Å². The summed E-state index contributed by atoms with van der Waals surface area (Å²) in [5.74, 6) is 3.20. The maximum atomic E-state index is 13.3. The topological polar surface area (TPSA) is 204 Å². The number of benzene rings is 2. The fraction of sp³-hybridized carbons (Fsp3) is 0.386. The summed E-state index contributed by atoms with van der Waals surface area (Å²) in [4.78, 5) is 80.8. The highest BCUT2D eigenvalue weighted by Gasteiger charge is 2.38. The predicted octanol–water partition coefficient (Wildman–Crippen LogP) is 12.8. The lowest BCUT2D eigenvalue weighted by Gasteiger charge is -2.28. The van der Waals surface area contributed by atoms with Crippen LogP contribution >= 0.6 is 15.9 Å². The molecule has 0 aliphatic carbocycles. The van der Waals surface area contributed by atoms with Crippen molar-refractivity contribution in [2.75, 3.05) is 56.2 Å². The second-order valence-electron chi connectivity index (χ2n) is 22.5. The Morgan fingerprint density at radius 3 is 1.90 bits per heavy atom. The minimum absolute atomic E-state index is 0. The fourth-order valence-corrected chi connectivity index (χ4v) is 10.9. The second kappa shape index (κ2) is 32.0. The zero-order chi connectivity index (χ0) is 63.0. The molecule has 1 unspecified atom stereocenters. The first-order valence-electron chi connectivity index (χ1n) is 29.3. The molecule has 16 nitrogen and oxygen atoms in total. The standard InChI is InChI=1S/C30H35N5O3.C21H23BrN2O3.C16H24N2O.C2H4.CH4/c1-18(2)30(5)15-23-13-22(28(36)33-17-25-19(3)12-20(4)34-29(25)37)14-24(27(23)38-30)21-6-7-26(32-16-21)35-10-8-31-9-11-35;1-11-6-15-7-16(8-18(22)19(15)27-10-13(11)3)20(25)23-9-17-12(2)5-14(4)24-21(17)26;1-5-11-18(4)16-10-9-15(12-17-16)14(6-2)8-7-13(3)19;1-2;/h6-7,12-14,16,31H,1,8-11,15,17H2,2-5H3,(H,33,36)(H,34,37);5,7-8H,6,9-10H2,1-4H3,(H,23,25)(H,24,26);8-10,12H,5-7,11H2,1-4H3;1-2H2;1H4/b;;14-8+;;. The number of carbonyl (C=O) groups excluding carboxylic acids is 3. The third-order valence-electron chi connectivity index (χ3n) is 15.6. The highest BCUT2D eigenvalue weighted by atomic mass is 79.9. The Kier molecular flexibility index (Phi) is 25.6. The zero-order valence-electron chi connectivity index (χ0n) is 52.3. The van der Waals surface area contributed by atoms with Crippen molar-refractivity contribution in [2.24, 2.45) is 0 Å². The monoisotopic (exact) mass is 1250 g/mol. The third-order valence-corrected chi connectivity index (χ3v) is 16.2. The molecule has 4 aromatic heterocycles.